The average molecular weight is 495 g/mol. The van der Waals surface area contributed by atoms with Crippen molar-refractivity contribution < 1.29 is 9.72 Å². The van der Waals surface area contributed by atoms with Gasteiger partial charge in [0.1, 0.15) is 0 Å². The monoisotopic (exact) mass is 494 g/mol. The van der Waals surface area contributed by atoms with E-state index in [1.807, 2.05) is 47.9 Å². The number of nitrogens with zero attached hydrogens (tertiary/aromatic N) is 5. The summed E-state index contributed by atoms with van der Waals surface area (Å²) in [6.07, 6.45) is 3.37. The Labute approximate surface area is 204 Å². The fraction of sp³-hybridized carbons (Fsp3) is 0.130. The van der Waals surface area contributed by atoms with E-state index in [0.29, 0.717) is 16.7 Å². The topological polar surface area (TPSA) is 116 Å². The maximum absolute atomic E-state index is 12.9. The van der Waals surface area contributed by atoms with Crippen molar-refractivity contribution in [1.82, 2.24) is 19.7 Å². The van der Waals surface area contributed by atoms with E-state index in [1.54, 1.807) is 19.3 Å². The van der Waals surface area contributed by atoms with Gasteiger partial charge in [-0.1, -0.05) is 41.6 Å². The first-order chi connectivity index (χ1) is 16.3. The molecule has 4 aromatic rings. The molecule has 0 aliphatic rings. The van der Waals surface area contributed by atoms with Crippen molar-refractivity contribution in [2.75, 3.05) is 5.32 Å². The molecule has 11 heteroatoms. The summed E-state index contributed by atoms with van der Waals surface area (Å²) in [5, 5.41) is 22.4. The highest BCUT2D eigenvalue weighted by Crippen LogP contribution is 2.32. The van der Waals surface area contributed by atoms with Gasteiger partial charge in [0.05, 0.1) is 26.6 Å². The third kappa shape index (κ3) is 4.92. The first-order valence-corrected chi connectivity index (χ1v) is 11.4. The van der Waals surface area contributed by atoms with Gasteiger partial charge in [0.2, 0.25) is 5.91 Å². The summed E-state index contributed by atoms with van der Waals surface area (Å²) in [4.78, 5) is 27.3. The summed E-state index contributed by atoms with van der Waals surface area (Å²) in [6.45, 7) is 3.73. The van der Waals surface area contributed by atoms with Gasteiger partial charge in [-0.25, -0.2) is 0 Å². The molecule has 0 aliphatic heterocycles. The molecule has 0 aliphatic carbocycles. The molecule has 2 heterocycles. The molecule has 9 nitrogen and oxygen atoms in total. The van der Waals surface area contributed by atoms with Gasteiger partial charge in [0, 0.05) is 30.1 Å². The molecule has 1 atom stereocenters. The molecule has 1 amide bonds. The number of benzene rings is 2. The molecule has 0 spiro atoms. The van der Waals surface area contributed by atoms with E-state index in [1.165, 1.54) is 30.0 Å². The summed E-state index contributed by atoms with van der Waals surface area (Å²) >= 11 is 7.36. The lowest BCUT2D eigenvalue weighted by Gasteiger charge is -2.15. The second kappa shape index (κ2) is 10.0. The van der Waals surface area contributed by atoms with Crippen LogP contribution < -0.4 is 5.32 Å². The summed E-state index contributed by atoms with van der Waals surface area (Å²) in [6, 6.07) is 15.4. The van der Waals surface area contributed by atoms with Crippen LogP contribution in [0, 0.1) is 17.0 Å². The maximum atomic E-state index is 12.9. The standard InChI is InChI=1S/C23H19ClN6O3S/c1-14-5-3-4-6-20(14)29-21(16-9-11-25-12-10-16)27-28-23(29)34-15(2)22(31)26-19-8-7-17(30(32)33)13-18(19)24/h3-13,15H,1-2H3,(H,26,31). The second-order valence-corrected chi connectivity index (χ2v) is 9.05. The number of non-ortho nitro benzene ring substituents is 1. The van der Waals surface area contributed by atoms with Crippen LogP contribution in [0.2, 0.25) is 5.02 Å². The van der Waals surface area contributed by atoms with E-state index in [2.05, 4.69) is 20.5 Å². The number of anilines is 1. The third-order valence-corrected chi connectivity index (χ3v) is 6.36. The highest BCUT2D eigenvalue weighted by molar-refractivity contribution is 8.00. The second-order valence-electron chi connectivity index (χ2n) is 7.33. The minimum absolute atomic E-state index is 0.0859. The molecule has 1 N–H and O–H groups in total. The lowest BCUT2D eigenvalue weighted by atomic mass is 10.2. The number of nitro groups is 1. The molecule has 0 fully saturated rings. The Bertz CT molecular complexity index is 1360. The molecule has 0 saturated heterocycles. The number of thioether (sulfide) groups is 1. The van der Waals surface area contributed by atoms with Crippen LogP contribution in [0.25, 0.3) is 17.1 Å². The van der Waals surface area contributed by atoms with Crippen molar-refractivity contribution in [3.05, 3.63) is 87.7 Å². The van der Waals surface area contributed by atoms with Crippen molar-refractivity contribution in [1.29, 1.82) is 0 Å². The number of pyridine rings is 1. The van der Waals surface area contributed by atoms with Crippen molar-refractivity contribution in [2.24, 2.45) is 0 Å². The predicted molar refractivity (Wildman–Crippen MR) is 131 cm³/mol. The van der Waals surface area contributed by atoms with Crippen molar-refractivity contribution in [2.45, 2.75) is 24.3 Å². The number of hydrogen-bond acceptors (Lipinski definition) is 7. The van der Waals surface area contributed by atoms with Gasteiger partial charge >= 0.3 is 0 Å². The maximum Gasteiger partial charge on any atom is 0.271 e. The van der Waals surface area contributed by atoms with Crippen LogP contribution >= 0.6 is 23.4 Å². The molecule has 0 bridgehead atoms. The molecule has 2 aromatic carbocycles. The first-order valence-electron chi connectivity index (χ1n) is 10.2. The molecule has 172 valence electrons. The minimum atomic E-state index is -0.566. The van der Waals surface area contributed by atoms with Crippen molar-refractivity contribution >= 4 is 40.6 Å². The number of carbonyl (C=O) groups excluding carboxylic acids is 1. The van der Waals surface area contributed by atoms with Crippen LogP contribution in [0.15, 0.2) is 72.1 Å². The van der Waals surface area contributed by atoms with Crippen LogP contribution in [0.5, 0.6) is 0 Å². The van der Waals surface area contributed by atoms with E-state index in [4.69, 9.17) is 11.6 Å². The largest absolute Gasteiger partial charge is 0.324 e. The quantitative estimate of drug-likeness (QED) is 0.210. The molecular weight excluding hydrogens is 476 g/mol. The Morgan fingerprint density at radius 2 is 1.88 bits per heavy atom. The number of aromatic nitrogens is 4. The normalized spacial score (nSPS) is 11.7. The van der Waals surface area contributed by atoms with Gasteiger partial charge in [-0.2, -0.15) is 0 Å². The van der Waals surface area contributed by atoms with Crippen LogP contribution in [-0.2, 0) is 4.79 Å². The van der Waals surface area contributed by atoms with Gasteiger partial charge in [-0.05, 0) is 43.7 Å². The summed E-state index contributed by atoms with van der Waals surface area (Å²) in [5.74, 6) is 0.302. The number of para-hydroxylation sites is 1. The molecule has 0 saturated carbocycles. The molecular formula is C23H19ClN6O3S. The number of amides is 1. The van der Waals surface area contributed by atoms with Gasteiger partial charge in [-0.15, -0.1) is 10.2 Å². The first kappa shape index (κ1) is 23.4. The van der Waals surface area contributed by atoms with E-state index in [0.717, 1.165) is 16.8 Å². The molecule has 0 radical (unpaired) electrons. The van der Waals surface area contributed by atoms with Crippen LogP contribution in [0.1, 0.15) is 12.5 Å². The lowest BCUT2D eigenvalue weighted by molar-refractivity contribution is -0.384. The fourth-order valence-corrected chi connectivity index (χ4v) is 4.31. The summed E-state index contributed by atoms with van der Waals surface area (Å²) < 4.78 is 1.91. The summed E-state index contributed by atoms with van der Waals surface area (Å²) in [5.41, 5.74) is 2.90. The Morgan fingerprint density at radius 3 is 2.56 bits per heavy atom. The van der Waals surface area contributed by atoms with Crippen LogP contribution in [-0.4, -0.2) is 35.8 Å². The Balaban J connectivity index is 1.62. The fourth-order valence-electron chi connectivity index (χ4n) is 3.23. The van der Waals surface area contributed by atoms with E-state index in [-0.39, 0.29) is 16.6 Å². The Hall–Kier alpha value is -3.76. The zero-order valence-corrected chi connectivity index (χ0v) is 19.7. The lowest BCUT2D eigenvalue weighted by Crippen LogP contribution is -2.23. The highest BCUT2D eigenvalue weighted by atomic mass is 35.5. The number of nitro benzene ring substituents is 1. The zero-order chi connectivity index (χ0) is 24.2. The Kier molecular flexibility index (Phi) is 6.90. The molecule has 34 heavy (non-hydrogen) atoms. The van der Waals surface area contributed by atoms with Crippen molar-refractivity contribution in [3.8, 4) is 17.1 Å². The number of aryl methyl sites for hydroxylation is 1. The molecule has 1 unspecified atom stereocenters. The summed E-state index contributed by atoms with van der Waals surface area (Å²) in [7, 11) is 0. The van der Waals surface area contributed by atoms with Gasteiger partial charge in [0.25, 0.3) is 5.69 Å². The van der Waals surface area contributed by atoms with E-state index in [9.17, 15) is 14.9 Å². The van der Waals surface area contributed by atoms with E-state index < -0.39 is 10.2 Å². The van der Waals surface area contributed by atoms with E-state index >= 15 is 0 Å². The third-order valence-electron chi connectivity index (χ3n) is 5.00. The minimum Gasteiger partial charge on any atom is -0.324 e. The molecule has 2 aromatic heterocycles. The zero-order valence-electron chi connectivity index (χ0n) is 18.2. The van der Waals surface area contributed by atoms with Gasteiger partial charge < -0.3 is 5.32 Å². The Morgan fingerprint density at radius 1 is 1.15 bits per heavy atom. The average Bonchev–Trinajstić information content (AvgIpc) is 3.24. The van der Waals surface area contributed by atoms with Crippen LogP contribution in [0.4, 0.5) is 11.4 Å². The number of nitrogens with one attached hydrogen (secondary N) is 1. The van der Waals surface area contributed by atoms with Crippen molar-refractivity contribution in [3.63, 3.8) is 0 Å². The number of halogens is 1. The van der Waals surface area contributed by atoms with Crippen LogP contribution in [0.3, 0.4) is 0 Å². The number of rotatable bonds is 7. The predicted octanol–water partition coefficient (Wildman–Crippen LogP) is 5.32. The van der Waals surface area contributed by atoms with Gasteiger partial charge in [0.15, 0.2) is 11.0 Å². The number of carbonyl (C=O) groups is 1. The number of hydrogen-bond donors (Lipinski definition) is 1. The highest BCUT2D eigenvalue weighted by Gasteiger charge is 2.23. The molecule has 4 rings (SSSR count). The smallest absolute Gasteiger partial charge is 0.271 e. The SMILES string of the molecule is Cc1ccccc1-n1c(SC(C)C(=O)Nc2ccc([N+](=O)[O-])cc2Cl)nnc1-c1ccncc1. The van der Waals surface area contributed by atoms with Gasteiger partial charge in [-0.3, -0.25) is 24.5 Å².